The molecular formula is C17H18N2O4. The van der Waals surface area contributed by atoms with E-state index < -0.39 is 5.97 Å². The average molecular weight is 314 g/mol. The Kier molecular flexibility index (Phi) is 5.30. The maximum absolute atomic E-state index is 12.1. The van der Waals surface area contributed by atoms with Gasteiger partial charge in [0.25, 0.3) is 0 Å². The Hall–Kier alpha value is -2.89. The predicted molar refractivity (Wildman–Crippen MR) is 85.5 cm³/mol. The lowest BCUT2D eigenvalue weighted by Crippen LogP contribution is -2.04. The normalized spacial score (nSPS) is 10.9. The smallest absolute Gasteiger partial charge is 0.306 e. The first-order chi connectivity index (χ1) is 11.0. The van der Waals surface area contributed by atoms with Crippen LogP contribution in [0.2, 0.25) is 0 Å². The summed E-state index contributed by atoms with van der Waals surface area (Å²) in [6.07, 6.45) is 4.88. The molecule has 1 heterocycles. The summed E-state index contributed by atoms with van der Waals surface area (Å²) in [4.78, 5) is 22.5. The Labute approximate surface area is 134 Å². The minimum Gasteiger partial charge on any atom is -0.493 e. The van der Waals surface area contributed by atoms with Crippen LogP contribution in [0.3, 0.4) is 0 Å². The molecule has 0 spiro atoms. The van der Waals surface area contributed by atoms with Crippen LogP contribution < -0.4 is 4.74 Å². The van der Waals surface area contributed by atoms with E-state index in [9.17, 15) is 9.59 Å². The number of aryl methyl sites for hydroxylation is 2. The Morgan fingerprint density at radius 3 is 2.57 bits per heavy atom. The molecule has 2 aromatic rings. The molecule has 0 aliphatic heterocycles. The van der Waals surface area contributed by atoms with Gasteiger partial charge in [-0.1, -0.05) is 18.2 Å². The molecule has 0 radical (unpaired) electrons. The van der Waals surface area contributed by atoms with Gasteiger partial charge in [-0.2, -0.15) is 5.10 Å². The van der Waals surface area contributed by atoms with Gasteiger partial charge in [0, 0.05) is 13.2 Å². The number of rotatable bonds is 7. The molecule has 1 aromatic carbocycles. The molecule has 1 aromatic heterocycles. The van der Waals surface area contributed by atoms with E-state index >= 15 is 0 Å². The SMILES string of the molecule is Cc1nn(C)cc1C(=O)/C=C\c1ccc(OCCC(=O)O)cc1. The second-order valence-corrected chi connectivity index (χ2v) is 5.06. The van der Waals surface area contributed by atoms with Crippen molar-refractivity contribution in [3.8, 4) is 5.75 Å². The van der Waals surface area contributed by atoms with Crippen LogP contribution in [0.4, 0.5) is 0 Å². The highest BCUT2D eigenvalue weighted by Gasteiger charge is 2.09. The highest BCUT2D eigenvalue weighted by Crippen LogP contribution is 2.14. The summed E-state index contributed by atoms with van der Waals surface area (Å²) in [7, 11) is 1.77. The Balaban J connectivity index is 1.96. The highest BCUT2D eigenvalue weighted by atomic mass is 16.5. The highest BCUT2D eigenvalue weighted by molar-refractivity contribution is 6.07. The molecule has 23 heavy (non-hydrogen) atoms. The van der Waals surface area contributed by atoms with E-state index in [0.717, 1.165) is 5.56 Å². The van der Waals surface area contributed by atoms with Crippen LogP contribution >= 0.6 is 0 Å². The molecule has 0 saturated carbocycles. The zero-order chi connectivity index (χ0) is 16.8. The van der Waals surface area contributed by atoms with Gasteiger partial charge in [0.2, 0.25) is 0 Å². The van der Waals surface area contributed by atoms with Crippen molar-refractivity contribution < 1.29 is 19.4 Å². The molecular weight excluding hydrogens is 296 g/mol. The molecule has 0 unspecified atom stereocenters. The van der Waals surface area contributed by atoms with E-state index in [0.29, 0.717) is 17.0 Å². The third-order valence-electron chi connectivity index (χ3n) is 3.17. The van der Waals surface area contributed by atoms with Gasteiger partial charge in [-0.25, -0.2) is 0 Å². The number of hydrogen-bond donors (Lipinski definition) is 1. The van der Waals surface area contributed by atoms with Crippen LogP contribution in [0, 0.1) is 6.92 Å². The fourth-order valence-corrected chi connectivity index (χ4v) is 2.03. The number of nitrogens with zero attached hydrogens (tertiary/aromatic N) is 2. The zero-order valence-corrected chi connectivity index (χ0v) is 13.0. The Morgan fingerprint density at radius 2 is 2.00 bits per heavy atom. The van der Waals surface area contributed by atoms with E-state index in [2.05, 4.69) is 5.10 Å². The van der Waals surface area contributed by atoms with E-state index in [1.54, 1.807) is 55.2 Å². The van der Waals surface area contributed by atoms with Crippen LogP contribution in [-0.4, -0.2) is 33.2 Å². The van der Waals surface area contributed by atoms with Gasteiger partial charge >= 0.3 is 5.97 Å². The molecule has 0 amide bonds. The van der Waals surface area contributed by atoms with Crippen LogP contribution in [0.5, 0.6) is 5.75 Å². The van der Waals surface area contributed by atoms with Gasteiger partial charge in [0.1, 0.15) is 5.75 Å². The lowest BCUT2D eigenvalue weighted by atomic mass is 10.1. The second kappa shape index (κ2) is 7.40. The first-order valence-electron chi connectivity index (χ1n) is 7.13. The number of aromatic nitrogens is 2. The predicted octanol–water partition coefficient (Wildman–Crippen LogP) is 2.48. The van der Waals surface area contributed by atoms with Gasteiger partial charge in [-0.05, 0) is 30.7 Å². The van der Waals surface area contributed by atoms with Crippen molar-refractivity contribution in [2.45, 2.75) is 13.3 Å². The van der Waals surface area contributed by atoms with E-state index in [1.165, 1.54) is 6.08 Å². The summed E-state index contributed by atoms with van der Waals surface area (Å²) >= 11 is 0. The number of benzene rings is 1. The largest absolute Gasteiger partial charge is 0.493 e. The fraction of sp³-hybridized carbons (Fsp3) is 0.235. The summed E-state index contributed by atoms with van der Waals surface area (Å²) in [6, 6.07) is 7.08. The number of aliphatic carboxylic acids is 1. The first-order valence-corrected chi connectivity index (χ1v) is 7.13. The number of carboxylic acids is 1. The summed E-state index contributed by atoms with van der Waals surface area (Å²) < 4.78 is 6.91. The van der Waals surface area contributed by atoms with Crippen molar-refractivity contribution in [3.05, 3.63) is 53.4 Å². The quantitative estimate of drug-likeness (QED) is 0.627. The molecule has 1 N–H and O–H groups in total. The number of carbonyl (C=O) groups excluding carboxylic acids is 1. The number of ether oxygens (including phenoxy) is 1. The summed E-state index contributed by atoms with van der Waals surface area (Å²) in [5, 5.41) is 12.7. The fourth-order valence-electron chi connectivity index (χ4n) is 2.03. The molecule has 0 aliphatic rings. The Morgan fingerprint density at radius 1 is 1.30 bits per heavy atom. The molecule has 0 aliphatic carbocycles. The van der Waals surface area contributed by atoms with Gasteiger partial charge in [0.15, 0.2) is 5.78 Å². The van der Waals surface area contributed by atoms with E-state index in [1.807, 2.05) is 0 Å². The van der Waals surface area contributed by atoms with Crippen LogP contribution in [0.15, 0.2) is 36.5 Å². The number of ketones is 1. The maximum atomic E-state index is 12.1. The average Bonchev–Trinajstić information content (AvgIpc) is 2.84. The van der Waals surface area contributed by atoms with Crippen LogP contribution in [-0.2, 0) is 11.8 Å². The maximum Gasteiger partial charge on any atom is 0.306 e. The third kappa shape index (κ3) is 4.81. The van der Waals surface area contributed by atoms with E-state index in [-0.39, 0.29) is 18.8 Å². The summed E-state index contributed by atoms with van der Waals surface area (Å²) in [5.41, 5.74) is 2.13. The van der Waals surface area contributed by atoms with E-state index in [4.69, 9.17) is 9.84 Å². The third-order valence-corrected chi connectivity index (χ3v) is 3.17. The molecule has 0 saturated heterocycles. The van der Waals surface area contributed by atoms with Crippen molar-refractivity contribution in [1.82, 2.24) is 9.78 Å². The van der Waals surface area contributed by atoms with Gasteiger partial charge in [-0.15, -0.1) is 0 Å². The molecule has 0 fully saturated rings. The summed E-state index contributed by atoms with van der Waals surface area (Å²) in [6.45, 7) is 1.92. The Bertz CT molecular complexity index is 730. The molecule has 0 bridgehead atoms. The standard InChI is InChI=1S/C17H18N2O4/c1-12-15(11-19(2)18-12)16(20)8-5-13-3-6-14(7-4-13)23-10-9-17(21)22/h3-8,11H,9-10H2,1-2H3,(H,21,22)/b8-5-. The molecule has 0 atom stereocenters. The van der Waals surface area contributed by atoms with Crippen molar-refractivity contribution in [1.29, 1.82) is 0 Å². The van der Waals surface area contributed by atoms with Gasteiger partial charge in [-0.3, -0.25) is 14.3 Å². The minimum absolute atomic E-state index is 0.0411. The van der Waals surface area contributed by atoms with Crippen molar-refractivity contribution in [2.24, 2.45) is 7.05 Å². The van der Waals surface area contributed by atoms with Gasteiger partial charge < -0.3 is 9.84 Å². The molecule has 120 valence electrons. The number of allylic oxidation sites excluding steroid dienone is 1. The number of carboxylic acid groups (broad SMARTS) is 1. The number of hydrogen-bond acceptors (Lipinski definition) is 4. The van der Waals surface area contributed by atoms with Crippen molar-refractivity contribution in [3.63, 3.8) is 0 Å². The monoisotopic (exact) mass is 314 g/mol. The van der Waals surface area contributed by atoms with Crippen LogP contribution in [0.25, 0.3) is 6.08 Å². The second-order valence-electron chi connectivity index (χ2n) is 5.06. The molecule has 6 nitrogen and oxygen atoms in total. The van der Waals surface area contributed by atoms with Gasteiger partial charge in [0.05, 0.1) is 24.3 Å². The zero-order valence-electron chi connectivity index (χ0n) is 13.0. The number of carbonyl (C=O) groups is 2. The van der Waals surface area contributed by atoms with Crippen molar-refractivity contribution in [2.75, 3.05) is 6.61 Å². The first kappa shape index (κ1) is 16.5. The lowest BCUT2D eigenvalue weighted by molar-refractivity contribution is -0.137. The van der Waals surface area contributed by atoms with Crippen molar-refractivity contribution >= 4 is 17.8 Å². The summed E-state index contributed by atoms with van der Waals surface area (Å²) in [5.74, 6) is -0.399. The topological polar surface area (TPSA) is 81.4 Å². The van der Waals surface area contributed by atoms with Crippen LogP contribution in [0.1, 0.15) is 28.0 Å². The molecule has 6 heteroatoms. The molecule has 2 rings (SSSR count). The lowest BCUT2D eigenvalue weighted by Gasteiger charge is -2.04. The minimum atomic E-state index is -0.895.